The van der Waals surface area contributed by atoms with E-state index >= 15 is 0 Å². The third-order valence-corrected chi connectivity index (χ3v) is 6.72. The van der Waals surface area contributed by atoms with Crippen molar-refractivity contribution in [1.29, 1.82) is 0 Å². The summed E-state index contributed by atoms with van der Waals surface area (Å²) in [5, 5.41) is 0. The van der Waals surface area contributed by atoms with Gasteiger partial charge in [-0.05, 0) is 58.4 Å². The molecule has 3 aromatic carbocycles. The first-order valence-corrected chi connectivity index (χ1v) is 10.8. The number of hydrogen-bond acceptors (Lipinski definition) is 2. The highest BCUT2D eigenvalue weighted by molar-refractivity contribution is 5.58. The SMILES string of the molecule is Cc1cc(C(C)(C)c2ccc(C(C)(C)c3ccc(N)cc3)cc2)cc(C(C)C)c1N. The van der Waals surface area contributed by atoms with Gasteiger partial charge < -0.3 is 11.5 Å². The van der Waals surface area contributed by atoms with Crippen LogP contribution >= 0.6 is 0 Å². The molecule has 158 valence electrons. The van der Waals surface area contributed by atoms with Gasteiger partial charge in [0.1, 0.15) is 0 Å². The fourth-order valence-corrected chi connectivity index (χ4v) is 4.20. The normalized spacial score (nSPS) is 12.4. The number of aryl methyl sites for hydroxylation is 1. The Morgan fingerprint density at radius 3 is 1.47 bits per heavy atom. The fraction of sp³-hybridized carbons (Fsp3) is 0.357. The Balaban J connectivity index is 1.98. The Hall–Kier alpha value is -2.74. The van der Waals surface area contributed by atoms with E-state index in [0.717, 1.165) is 16.9 Å². The quantitative estimate of drug-likeness (QED) is 0.456. The summed E-state index contributed by atoms with van der Waals surface area (Å²) in [7, 11) is 0. The highest BCUT2D eigenvalue weighted by Crippen LogP contribution is 2.38. The predicted octanol–water partition coefficient (Wildman–Crippen LogP) is 6.93. The van der Waals surface area contributed by atoms with Crippen molar-refractivity contribution >= 4 is 11.4 Å². The van der Waals surface area contributed by atoms with Gasteiger partial charge in [0.15, 0.2) is 0 Å². The third kappa shape index (κ3) is 3.96. The molecule has 0 saturated heterocycles. The number of benzene rings is 3. The van der Waals surface area contributed by atoms with Crippen molar-refractivity contribution in [1.82, 2.24) is 0 Å². The molecule has 2 nitrogen and oxygen atoms in total. The van der Waals surface area contributed by atoms with Gasteiger partial charge in [-0.2, -0.15) is 0 Å². The van der Waals surface area contributed by atoms with Gasteiger partial charge in [-0.1, -0.05) is 90.1 Å². The van der Waals surface area contributed by atoms with Crippen molar-refractivity contribution in [2.24, 2.45) is 0 Å². The molecule has 0 fully saturated rings. The minimum absolute atomic E-state index is 0.0844. The predicted molar refractivity (Wildman–Crippen MR) is 131 cm³/mol. The van der Waals surface area contributed by atoms with Crippen LogP contribution in [0.5, 0.6) is 0 Å². The summed E-state index contributed by atoms with van der Waals surface area (Å²) < 4.78 is 0. The molecule has 2 heteroatoms. The maximum atomic E-state index is 6.36. The standard InChI is InChI=1S/C28H36N2/c1-18(2)25-17-23(16-19(3)26(25)30)28(6,7)21-10-8-20(9-11-21)27(4,5)22-12-14-24(29)15-13-22/h8-18H,29-30H2,1-7H3. The molecule has 0 aliphatic heterocycles. The Bertz CT molecular complexity index is 1020. The zero-order valence-electron chi connectivity index (χ0n) is 19.5. The maximum absolute atomic E-state index is 6.36. The molecule has 0 aromatic heterocycles. The van der Waals surface area contributed by atoms with Crippen LogP contribution in [0.4, 0.5) is 11.4 Å². The Morgan fingerprint density at radius 2 is 1.03 bits per heavy atom. The molecule has 0 saturated carbocycles. The molecular formula is C28H36N2. The molecule has 3 aromatic rings. The lowest BCUT2D eigenvalue weighted by Gasteiger charge is -2.30. The number of hydrogen-bond donors (Lipinski definition) is 2. The van der Waals surface area contributed by atoms with E-state index in [1.165, 1.54) is 27.8 Å². The highest BCUT2D eigenvalue weighted by atomic mass is 14.6. The van der Waals surface area contributed by atoms with Crippen molar-refractivity contribution in [2.45, 2.75) is 65.2 Å². The number of nitrogen functional groups attached to an aromatic ring is 2. The zero-order chi connectivity index (χ0) is 22.3. The first kappa shape index (κ1) is 22.0. The summed E-state index contributed by atoms with van der Waals surface area (Å²) >= 11 is 0. The molecule has 0 atom stereocenters. The summed E-state index contributed by atoms with van der Waals surface area (Å²) in [6, 6.07) is 21.8. The van der Waals surface area contributed by atoms with E-state index in [1.54, 1.807) is 0 Å². The Kier molecular flexibility index (Phi) is 5.73. The van der Waals surface area contributed by atoms with Gasteiger partial charge in [0.2, 0.25) is 0 Å². The number of nitrogens with two attached hydrogens (primary N) is 2. The van der Waals surface area contributed by atoms with Gasteiger partial charge in [0.25, 0.3) is 0 Å². The molecular weight excluding hydrogens is 364 g/mol. The second-order valence-electron chi connectivity index (χ2n) is 9.90. The molecule has 30 heavy (non-hydrogen) atoms. The van der Waals surface area contributed by atoms with Crippen LogP contribution in [-0.4, -0.2) is 0 Å². The van der Waals surface area contributed by atoms with E-state index in [1.807, 2.05) is 12.1 Å². The lowest BCUT2D eigenvalue weighted by atomic mass is 9.74. The van der Waals surface area contributed by atoms with Gasteiger partial charge in [0, 0.05) is 22.2 Å². The monoisotopic (exact) mass is 400 g/mol. The first-order chi connectivity index (χ1) is 13.9. The first-order valence-electron chi connectivity index (χ1n) is 10.8. The highest BCUT2D eigenvalue weighted by Gasteiger charge is 2.27. The Morgan fingerprint density at radius 1 is 0.633 bits per heavy atom. The third-order valence-electron chi connectivity index (χ3n) is 6.72. The molecule has 0 unspecified atom stereocenters. The fourth-order valence-electron chi connectivity index (χ4n) is 4.20. The van der Waals surface area contributed by atoms with E-state index in [-0.39, 0.29) is 10.8 Å². The van der Waals surface area contributed by atoms with Crippen molar-refractivity contribution < 1.29 is 0 Å². The largest absolute Gasteiger partial charge is 0.399 e. The second-order valence-corrected chi connectivity index (χ2v) is 9.90. The van der Waals surface area contributed by atoms with Crippen LogP contribution in [0.3, 0.4) is 0 Å². The lowest BCUT2D eigenvalue weighted by Crippen LogP contribution is -2.22. The molecule has 0 radical (unpaired) electrons. The van der Waals surface area contributed by atoms with Crippen molar-refractivity contribution in [2.75, 3.05) is 11.5 Å². The molecule has 3 rings (SSSR count). The summed E-state index contributed by atoms with van der Waals surface area (Å²) in [6.45, 7) is 15.6. The molecule has 0 heterocycles. The van der Waals surface area contributed by atoms with Gasteiger partial charge in [-0.3, -0.25) is 0 Å². The lowest BCUT2D eigenvalue weighted by molar-refractivity contribution is 0.625. The number of anilines is 2. The Labute approximate surface area is 182 Å². The summed E-state index contributed by atoms with van der Waals surface area (Å²) in [6.07, 6.45) is 0. The smallest absolute Gasteiger partial charge is 0.0379 e. The number of rotatable bonds is 5. The molecule has 0 amide bonds. The van der Waals surface area contributed by atoms with E-state index in [0.29, 0.717) is 5.92 Å². The second kappa shape index (κ2) is 7.83. The van der Waals surface area contributed by atoms with Crippen LogP contribution in [0.15, 0.2) is 60.7 Å². The molecule has 0 bridgehead atoms. The summed E-state index contributed by atoms with van der Waals surface area (Å²) in [4.78, 5) is 0. The average Bonchev–Trinajstić information content (AvgIpc) is 2.70. The van der Waals surface area contributed by atoms with E-state index < -0.39 is 0 Å². The van der Waals surface area contributed by atoms with E-state index in [2.05, 4.69) is 97.0 Å². The van der Waals surface area contributed by atoms with Gasteiger partial charge in [-0.25, -0.2) is 0 Å². The van der Waals surface area contributed by atoms with E-state index in [4.69, 9.17) is 11.5 Å². The van der Waals surface area contributed by atoms with Gasteiger partial charge >= 0.3 is 0 Å². The molecule has 0 spiro atoms. The molecule has 4 N–H and O–H groups in total. The van der Waals surface area contributed by atoms with Crippen LogP contribution < -0.4 is 11.5 Å². The van der Waals surface area contributed by atoms with E-state index in [9.17, 15) is 0 Å². The van der Waals surface area contributed by atoms with Crippen molar-refractivity contribution in [3.63, 3.8) is 0 Å². The van der Waals surface area contributed by atoms with Crippen LogP contribution in [0.2, 0.25) is 0 Å². The van der Waals surface area contributed by atoms with Crippen LogP contribution in [0, 0.1) is 6.92 Å². The minimum Gasteiger partial charge on any atom is -0.399 e. The van der Waals surface area contributed by atoms with Crippen molar-refractivity contribution in [3.8, 4) is 0 Å². The van der Waals surface area contributed by atoms with Gasteiger partial charge in [0.05, 0.1) is 0 Å². The minimum atomic E-state index is -0.105. The maximum Gasteiger partial charge on any atom is 0.0379 e. The zero-order valence-corrected chi connectivity index (χ0v) is 19.5. The topological polar surface area (TPSA) is 52.0 Å². The molecule has 0 aliphatic rings. The average molecular weight is 401 g/mol. The summed E-state index contributed by atoms with van der Waals surface area (Å²) in [5.74, 6) is 0.405. The van der Waals surface area contributed by atoms with Gasteiger partial charge in [-0.15, -0.1) is 0 Å². The van der Waals surface area contributed by atoms with Crippen LogP contribution in [-0.2, 0) is 10.8 Å². The summed E-state index contributed by atoms with van der Waals surface area (Å²) in [5.41, 5.74) is 21.3. The van der Waals surface area contributed by atoms with Crippen molar-refractivity contribution in [3.05, 3.63) is 94.0 Å². The van der Waals surface area contributed by atoms with Crippen LogP contribution in [0.1, 0.15) is 80.8 Å². The molecule has 0 aliphatic carbocycles. The van der Waals surface area contributed by atoms with Crippen LogP contribution in [0.25, 0.3) is 0 Å².